The predicted molar refractivity (Wildman–Crippen MR) is 173 cm³/mol. The number of hydrogen-bond acceptors (Lipinski definition) is 7. The van der Waals surface area contributed by atoms with Gasteiger partial charge in [0.15, 0.2) is 0 Å². The van der Waals surface area contributed by atoms with Crippen molar-refractivity contribution < 1.29 is 42.8 Å². The first kappa shape index (κ1) is 41.8. The fourth-order valence-corrected chi connectivity index (χ4v) is 5.68. The third-order valence-electron chi connectivity index (χ3n) is 8.41. The average Bonchev–Trinajstić information content (AvgIpc) is 3.61. The van der Waals surface area contributed by atoms with Gasteiger partial charge in [0.05, 0.1) is 17.6 Å². The van der Waals surface area contributed by atoms with Crippen molar-refractivity contribution in [2.24, 2.45) is 28.9 Å². The number of aryl methyl sites for hydroxylation is 1. The normalized spacial score (nSPS) is 22.5. The number of carbonyl (C=O) groups excluding carboxylic acids is 3. The molecule has 6 atom stereocenters. The minimum atomic E-state index is -1.04. The van der Waals surface area contributed by atoms with Crippen LogP contribution in [-0.2, 0) is 39.4 Å². The molecule has 2 aromatic rings. The van der Waals surface area contributed by atoms with Crippen molar-refractivity contribution in [3.63, 3.8) is 0 Å². The summed E-state index contributed by atoms with van der Waals surface area (Å²) in [5.74, 6) is 2.43. The Morgan fingerprint density at radius 2 is 1.70 bits per heavy atom. The molecule has 44 heavy (non-hydrogen) atoms. The third-order valence-corrected chi connectivity index (χ3v) is 8.41. The van der Waals surface area contributed by atoms with Crippen LogP contribution in [0.1, 0.15) is 85.8 Å². The molecule has 1 aliphatic carbocycles. The number of nitrogens with two attached hydrogens (primary N) is 1. The Bertz CT molecular complexity index is 1140. The predicted octanol–water partition coefficient (Wildman–Crippen LogP) is 5.48. The Morgan fingerprint density at radius 3 is 2.20 bits per heavy atom. The van der Waals surface area contributed by atoms with E-state index in [-0.39, 0.29) is 48.9 Å². The molecule has 9 nitrogen and oxygen atoms in total. The molecule has 1 aromatic carbocycles. The van der Waals surface area contributed by atoms with E-state index in [0.717, 1.165) is 47.8 Å². The summed E-state index contributed by atoms with van der Waals surface area (Å²) in [4.78, 5) is 41.1. The number of rotatable bonds is 10. The van der Waals surface area contributed by atoms with Crippen molar-refractivity contribution in [3.8, 4) is 5.88 Å². The molecule has 1 aliphatic heterocycles. The molecular weight excluding hydrogens is 619 g/mol. The Balaban J connectivity index is 0.00000214. The van der Waals surface area contributed by atoms with Crippen LogP contribution in [0.3, 0.4) is 0 Å². The van der Waals surface area contributed by atoms with Crippen molar-refractivity contribution in [2.45, 2.75) is 105 Å². The minimum Gasteiger partial charge on any atom is -0.545 e. The minimum absolute atomic E-state index is 0. The van der Waals surface area contributed by atoms with E-state index in [4.69, 9.17) is 24.3 Å². The number of aliphatic hydroxyl groups excluding tert-OH is 1. The van der Waals surface area contributed by atoms with Gasteiger partial charge in [-0.3, -0.25) is 16.4 Å². The summed E-state index contributed by atoms with van der Waals surface area (Å²) in [5.41, 5.74) is 6.29. The van der Waals surface area contributed by atoms with Crippen molar-refractivity contribution in [1.29, 1.82) is 0 Å². The number of aromatic nitrogens is 2. The standard InChI is InChI=1S/C30H45N3O3.CH3Cl.CH3NO.CHO.V/c1-7-22-20(3)33(29(35)27(34)30(4,5)6)18-26(22)36-28-25(16-10-8-9-13-21-17-19(21)2)31-23-14-11-12-15-24(23)32-28;1-2;2-1-3;1-2;/h11-12,14-15,19-22,26-27,34H,7-10,13,16-18H2,1-6H3;1H3;1H,(H2,2,3);1H;/q;;;-1;/t19?,20-,21?,22+,26+,27-;;;;/m1..../s1. The van der Waals surface area contributed by atoms with Crippen molar-refractivity contribution in [2.75, 3.05) is 12.9 Å². The van der Waals surface area contributed by atoms with Gasteiger partial charge in [-0.05, 0) is 62.0 Å². The number of fused-ring (bicyclic) bond motifs is 1. The number of amides is 2. The van der Waals surface area contributed by atoms with Crippen LogP contribution in [0, 0.1) is 23.2 Å². The van der Waals surface area contributed by atoms with Gasteiger partial charge in [-0.1, -0.05) is 66.0 Å². The summed E-state index contributed by atoms with van der Waals surface area (Å²) in [6.45, 7) is 15.9. The molecule has 4 rings (SSSR count). The first-order valence-corrected chi connectivity index (χ1v) is 15.9. The number of aliphatic hydroxyl groups is 1. The summed E-state index contributed by atoms with van der Waals surface area (Å²) < 4.78 is 6.60. The topological polar surface area (TPSA) is 136 Å². The number of unbranched alkanes of at least 4 members (excludes halogenated alkanes) is 2. The summed E-state index contributed by atoms with van der Waals surface area (Å²) >= 11 is 4.64. The maximum absolute atomic E-state index is 13.2. The Hall–Kier alpha value is -2.20. The van der Waals surface area contributed by atoms with Crippen molar-refractivity contribution in [3.05, 3.63) is 30.0 Å². The van der Waals surface area contributed by atoms with E-state index in [0.29, 0.717) is 12.4 Å². The molecule has 0 bridgehead atoms. The molecule has 11 heteroatoms. The second-order valence-corrected chi connectivity index (χ2v) is 12.4. The number of nitrogens with zero attached hydrogens (tertiary/aromatic N) is 3. The van der Waals surface area contributed by atoms with Crippen LogP contribution in [0.2, 0.25) is 0 Å². The number of para-hydroxylation sites is 2. The zero-order valence-electron chi connectivity index (χ0n) is 27.4. The largest absolute Gasteiger partial charge is 0.545 e. The van der Waals surface area contributed by atoms with Gasteiger partial charge < -0.3 is 25.3 Å². The van der Waals surface area contributed by atoms with Crippen LogP contribution in [0.4, 0.5) is 0 Å². The first-order chi connectivity index (χ1) is 20.5. The molecule has 247 valence electrons. The van der Waals surface area contributed by atoms with E-state index in [2.05, 4.69) is 44.9 Å². The first-order valence-electron chi connectivity index (χ1n) is 15.2. The van der Waals surface area contributed by atoms with Gasteiger partial charge in [0.25, 0.3) is 5.91 Å². The number of primary amides is 1. The van der Waals surface area contributed by atoms with E-state index in [1.54, 1.807) is 0 Å². The van der Waals surface area contributed by atoms with Gasteiger partial charge in [-0.15, -0.1) is 11.6 Å². The number of benzene rings is 1. The molecule has 2 fully saturated rings. The zero-order valence-corrected chi connectivity index (χ0v) is 29.6. The monoisotopic (exact) mass is 670 g/mol. The van der Waals surface area contributed by atoms with Gasteiger partial charge in [0, 0.05) is 36.9 Å². The molecular formula is C33H52ClN4O5V-. The molecule has 3 N–H and O–H groups in total. The number of carbonyl (C=O) groups is 2. The second kappa shape index (κ2) is 20.8. The van der Waals surface area contributed by atoms with E-state index < -0.39 is 11.5 Å². The summed E-state index contributed by atoms with van der Waals surface area (Å²) in [5, 5.41) is 10.7. The van der Waals surface area contributed by atoms with Crippen molar-refractivity contribution in [1.82, 2.24) is 14.9 Å². The van der Waals surface area contributed by atoms with Crippen LogP contribution < -0.4 is 10.5 Å². The van der Waals surface area contributed by atoms with E-state index in [9.17, 15) is 9.90 Å². The maximum atomic E-state index is 13.2. The fraction of sp³-hybridized carbons (Fsp3) is 0.667. The number of ether oxygens (including phenoxy) is 1. The SMILES string of the molecule is CC[C@@H]1[C@@H](Oc2nc3ccccc3nc2CCCCCC2CC2C)CN(C(=O)[C@@H](O)C(C)(C)C)[C@@H]1C.CCl.NC=O.[CH-]=O.[V]. The second-order valence-electron chi connectivity index (χ2n) is 12.4. The number of likely N-dealkylation sites (tertiary alicyclic amines) is 1. The quantitative estimate of drug-likeness (QED) is 0.148. The number of halogens is 1. The zero-order chi connectivity index (χ0) is 32.7. The molecule has 0 spiro atoms. The summed E-state index contributed by atoms with van der Waals surface area (Å²) in [7, 11) is 0. The molecule has 1 radical (unpaired) electrons. The number of hydrogen-bond donors (Lipinski definition) is 2. The molecule has 1 saturated heterocycles. The van der Waals surface area contributed by atoms with Gasteiger partial charge in [-0.25, -0.2) is 9.97 Å². The molecule has 2 amide bonds. The third kappa shape index (κ3) is 12.0. The molecule has 1 aromatic heterocycles. The van der Waals surface area contributed by atoms with Gasteiger partial charge in [0.1, 0.15) is 17.9 Å². The molecule has 1 saturated carbocycles. The summed E-state index contributed by atoms with van der Waals surface area (Å²) in [6, 6.07) is 7.94. The fourth-order valence-electron chi connectivity index (χ4n) is 5.68. The maximum Gasteiger partial charge on any atom is 0.252 e. The smallest absolute Gasteiger partial charge is 0.252 e. The Labute approximate surface area is 280 Å². The van der Waals surface area contributed by atoms with Crippen LogP contribution in [0.15, 0.2) is 24.3 Å². The van der Waals surface area contributed by atoms with Gasteiger partial charge >= 0.3 is 0 Å². The van der Waals surface area contributed by atoms with E-state index in [1.165, 1.54) is 32.1 Å². The van der Waals surface area contributed by atoms with Crippen LogP contribution >= 0.6 is 11.6 Å². The van der Waals surface area contributed by atoms with Gasteiger partial charge in [0.2, 0.25) is 12.3 Å². The van der Waals surface area contributed by atoms with E-state index in [1.807, 2.05) is 49.9 Å². The van der Waals surface area contributed by atoms with Crippen LogP contribution in [0.5, 0.6) is 5.88 Å². The average molecular weight is 671 g/mol. The molecule has 2 unspecified atom stereocenters. The molecule has 2 aliphatic rings. The Morgan fingerprint density at radius 1 is 1.16 bits per heavy atom. The van der Waals surface area contributed by atoms with E-state index >= 15 is 0 Å². The van der Waals surface area contributed by atoms with Crippen LogP contribution in [-0.4, -0.2) is 70.3 Å². The number of alkyl halides is 1. The van der Waals surface area contributed by atoms with Crippen LogP contribution in [0.25, 0.3) is 11.0 Å². The molecule has 2 heterocycles. The summed E-state index contributed by atoms with van der Waals surface area (Å²) in [6.07, 6.45) is 8.53. The van der Waals surface area contributed by atoms with Crippen molar-refractivity contribution >= 4 is 41.7 Å². The Kier molecular flexibility index (Phi) is 19.7. The van der Waals surface area contributed by atoms with Gasteiger partial charge in [-0.2, -0.15) is 0 Å².